The summed E-state index contributed by atoms with van der Waals surface area (Å²) in [5, 5.41) is 5.29. The summed E-state index contributed by atoms with van der Waals surface area (Å²) < 4.78 is 0. The molecule has 5 nitrogen and oxygen atoms in total. The van der Waals surface area contributed by atoms with Gasteiger partial charge in [0.15, 0.2) is 0 Å². The minimum Gasteiger partial charge on any atom is -0.378 e. The minimum absolute atomic E-state index is 0.253. The van der Waals surface area contributed by atoms with Crippen molar-refractivity contribution < 1.29 is 9.59 Å². The highest BCUT2D eigenvalue weighted by Gasteiger charge is 2.16. The van der Waals surface area contributed by atoms with Crippen LogP contribution in [0.5, 0.6) is 0 Å². The Morgan fingerprint density at radius 2 is 1.46 bits per heavy atom. The zero-order chi connectivity index (χ0) is 17.7. The fraction of sp³-hybridized carbons (Fsp3) is 0.263. The highest BCUT2D eigenvalue weighted by atomic mass is 16.2. The summed E-state index contributed by atoms with van der Waals surface area (Å²) in [4.78, 5) is 26.2. The van der Waals surface area contributed by atoms with Gasteiger partial charge in [-0.1, -0.05) is 32.0 Å². The monoisotopic (exact) mass is 325 g/mol. The summed E-state index contributed by atoms with van der Waals surface area (Å²) in [6.07, 6.45) is 0. The molecule has 2 amide bonds. The lowest BCUT2D eigenvalue weighted by atomic mass is 10.0. The molecule has 0 aliphatic rings. The van der Waals surface area contributed by atoms with E-state index in [4.69, 9.17) is 0 Å². The Morgan fingerprint density at radius 1 is 0.875 bits per heavy atom. The molecule has 2 rings (SSSR count). The Hall–Kier alpha value is -2.82. The predicted octanol–water partition coefficient (Wildman–Crippen LogP) is 3.45. The third kappa shape index (κ3) is 4.35. The van der Waals surface area contributed by atoms with Crippen LogP contribution in [-0.4, -0.2) is 25.9 Å². The van der Waals surface area contributed by atoms with Crippen LogP contribution in [0.15, 0.2) is 48.5 Å². The number of hydrogen-bond donors (Lipinski definition) is 2. The SMILES string of the molecule is CC(C)c1ccccc1NC(=O)C(=O)Nc1ccc(N(C)C)cc1. The van der Waals surface area contributed by atoms with Gasteiger partial charge in [-0.3, -0.25) is 9.59 Å². The van der Waals surface area contributed by atoms with Crippen molar-refractivity contribution in [3.8, 4) is 0 Å². The van der Waals surface area contributed by atoms with Crippen molar-refractivity contribution in [1.82, 2.24) is 0 Å². The average molecular weight is 325 g/mol. The number of para-hydroxylation sites is 1. The maximum atomic E-state index is 12.1. The minimum atomic E-state index is -0.689. The van der Waals surface area contributed by atoms with E-state index in [-0.39, 0.29) is 5.92 Å². The van der Waals surface area contributed by atoms with Crippen LogP contribution in [0.2, 0.25) is 0 Å². The first-order chi connectivity index (χ1) is 11.4. The van der Waals surface area contributed by atoms with E-state index in [1.54, 1.807) is 18.2 Å². The molecule has 24 heavy (non-hydrogen) atoms. The molecule has 0 aliphatic carbocycles. The van der Waals surface area contributed by atoms with Gasteiger partial charge in [-0.05, 0) is 41.8 Å². The number of anilines is 3. The second kappa shape index (κ2) is 7.64. The zero-order valence-corrected chi connectivity index (χ0v) is 14.5. The number of benzene rings is 2. The molecular formula is C19H23N3O2. The highest BCUT2D eigenvalue weighted by Crippen LogP contribution is 2.23. The highest BCUT2D eigenvalue weighted by molar-refractivity contribution is 6.43. The molecule has 0 heterocycles. The lowest BCUT2D eigenvalue weighted by Gasteiger charge is -2.14. The maximum absolute atomic E-state index is 12.1. The molecule has 0 aliphatic heterocycles. The lowest BCUT2D eigenvalue weighted by Crippen LogP contribution is -2.29. The van der Waals surface area contributed by atoms with Crippen LogP contribution in [-0.2, 0) is 9.59 Å². The Bertz CT molecular complexity index is 722. The molecule has 5 heteroatoms. The quantitative estimate of drug-likeness (QED) is 0.846. The molecule has 0 aromatic heterocycles. The Labute approximate surface area is 142 Å². The van der Waals surface area contributed by atoms with Gasteiger partial charge in [0.1, 0.15) is 0 Å². The molecule has 0 fully saturated rings. The van der Waals surface area contributed by atoms with Gasteiger partial charge in [0.2, 0.25) is 0 Å². The van der Waals surface area contributed by atoms with Crippen molar-refractivity contribution in [2.45, 2.75) is 19.8 Å². The second-order valence-corrected chi connectivity index (χ2v) is 6.09. The molecule has 2 aromatic carbocycles. The molecule has 2 aromatic rings. The predicted molar refractivity (Wildman–Crippen MR) is 98.6 cm³/mol. The Balaban J connectivity index is 2.04. The van der Waals surface area contributed by atoms with Crippen molar-refractivity contribution in [3.63, 3.8) is 0 Å². The van der Waals surface area contributed by atoms with Crippen LogP contribution in [0, 0.1) is 0 Å². The molecule has 0 atom stereocenters. The Morgan fingerprint density at radius 3 is 2.04 bits per heavy atom. The fourth-order valence-corrected chi connectivity index (χ4v) is 2.32. The van der Waals surface area contributed by atoms with E-state index in [1.165, 1.54) is 0 Å². The van der Waals surface area contributed by atoms with E-state index in [2.05, 4.69) is 10.6 Å². The third-order valence-corrected chi connectivity index (χ3v) is 3.68. The second-order valence-electron chi connectivity index (χ2n) is 6.09. The van der Waals surface area contributed by atoms with Gasteiger partial charge in [-0.15, -0.1) is 0 Å². The van der Waals surface area contributed by atoms with Gasteiger partial charge in [0.25, 0.3) is 0 Å². The number of carbonyl (C=O) groups is 2. The van der Waals surface area contributed by atoms with Crippen LogP contribution < -0.4 is 15.5 Å². The summed E-state index contributed by atoms with van der Waals surface area (Å²) in [5.74, 6) is -1.12. The van der Waals surface area contributed by atoms with Crippen molar-refractivity contribution >= 4 is 28.9 Å². The number of rotatable bonds is 4. The lowest BCUT2D eigenvalue weighted by molar-refractivity contribution is -0.133. The normalized spacial score (nSPS) is 10.4. The van der Waals surface area contributed by atoms with Crippen LogP contribution in [0.25, 0.3) is 0 Å². The molecule has 0 radical (unpaired) electrons. The van der Waals surface area contributed by atoms with E-state index in [9.17, 15) is 9.59 Å². The van der Waals surface area contributed by atoms with Gasteiger partial charge < -0.3 is 15.5 Å². The first-order valence-corrected chi connectivity index (χ1v) is 7.87. The van der Waals surface area contributed by atoms with E-state index >= 15 is 0 Å². The van der Waals surface area contributed by atoms with Gasteiger partial charge in [0.05, 0.1) is 0 Å². The van der Waals surface area contributed by atoms with Crippen LogP contribution in [0.1, 0.15) is 25.3 Å². The summed E-state index contributed by atoms with van der Waals surface area (Å²) in [5.41, 5.74) is 3.26. The molecule has 0 saturated carbocycles. The molecule has 0 saturated heterocycles. The molecule has 0 spiro atoms. The van der Waals surface area contributed by atoms with E-state index < -0.39 is 11.8 Å². The van der Waals surface area contributed by atoms with Crippen molar-refractivity contribution in [1.29, 1.82) is 0 Å². The van der Waals surface area contributed by atoms with Gasteiger partial charge in [-0.2, -0.15) is 0 Å². The van der Waals surface area contributed by atoms with Crippen molar-refractivity contribution in [3.05, 3.63) is 54.1 Å². The molecule has 0 bridgehead atoms. The molecular weight excluding hydrogens is 302 g/mol. The molecule has 2 N–H and O–H groups in total. The molecule has 126 valence electrons. The summed E-state index contributed by atoms with van der Waals surface area (Å²) >= 11 is 0. The standard InChI is InChI=1S/C19H23N3O2/c1-13(2)16-7-5-6-8-17(16)21-19(24)18(23)20-14-9-11-15(12-10-14)22(3)4/h5-13H,1-4H3,(H,20,23)(H,21,24). The number of amides is 2. The number of nitrogens with zero attached hydrogens (tertiary/aromatic N) is 1. The fourth-order valence-electron chi connectivity index (χ4n) is 2.32. The number of hydrogen-bond acceptors (Lipinski definition) is 3. The van der Waals surface area contributed by atoms with Gasteiger partial charge in [0, 0.05) is 31.2 Å². The third-order valence-electron chi connectivity index (χ3n) is 3.68. The van der Waals surface area contributed by atoms with E-state index in [0.29, 0.717) is 11.4 Å². The Kier molecular flexibility index (Phi) is 5.58. The van der Waals surface area contributed by atoms with Gasteiger partial charge >= 0.3 is 11.8 Å². The van der Waals surface area contributed by atoms with Crippen LogP contribution in [0.3, 0.4) is 0 Å². The summed E-state index contributed by atoms with van der Waals surface area (Å²) in [6.45, 7) is 4.08. The smallest absolute Gasteiger partial charge is 0.314 e. The van der Waals surface area contributed by atoms with Gasteiger partial charge in [-0.25, -0.2) is 0 Å². The zero-order valence-electron chi connectivity index (χ0n) is 14.5. The summed E-state index contributed by atoms with van der Waals surface area (Å²) in [7, 11) is 3.88. The van der Waals surface area contributed by atoms with Crippen molar-refractivity contribution in [2.75, 3.05) is 29.6 Å². The van der Waals surface area contributed by atoms with Crippen molar-refractivity contribution in [2.24, 2.45) is 0 Å². The molecule has 0 unspecified atom stereocenters. The number of nitrogens with one attached hydrogen (secondary N) is 2. The maximum Gasteiger partial charge on any atom is 0.314 e. The first kappa shape index (κ1) is 17.5. The topological polar surface area (TPSA) is 61.4 Å². The largest absolute Gasteiger partial charge is 0.378 e. The number of carbonyl (C=O) groups excluding carboxylic acids is 2. The van der Waals surface area contributed by atoms with E-state index in [0.717, 1.165) is 11.3 Å². The van der Waals surface area contributed by atoms with Crippen LogP contribution in [0.4, 0.5) is 17.1 Å². The van der Waals surface area contributed by atoms with E-state index in [1.807, 2.05) is 63.2 Å². The van der Waals surface area contributed by atoms with Crippen LogP contribution >= 0.6 is 0 Å². The summed E-state index contributed by atoms with van der Waals surface area (Å²) in [6, 6.07) is 14.8. The average Bonchev–Trinajstić information content (AvgIpc) is 2.55. The first-order valence-electron chi connectivity index (χ1n) is 7.87.